The van der Waals surface area contributed by atoms with Crippen LogP contribution in [0.2, 0.25) is 0 Å². The number of nitrogens with two attached hydrogens (primary N) is 1. The third-order valence-electron chi connectivity index (χ3n) is 5.60. The van der Waals surface area contributed by atoms with Gasteiger partial charge in [0.05, 0.1) is 12.1 Å². The van der Waals surface area contributed by atoms with Crippen LogP contribution >= 0.6 is 0 Å². The minimum atomic E-state index is 0.419. The predicted octanol–water partition coefficient (Wildman–Crippen LogP) is 2.95. The van der Waals surface area contributed by atoms with E-state index in [9.17, 15) is 0 Å². The smallest absolute Gasteiger partial charge is 0.0876 e. The maximum Gasteiger partial charge on any atom is 0.0876 e. The van der Waals surface area contributed by atoms with E-state index in [0.717, 1.165) is 23.2 Å². The fourth-order valence-corrected chi connectivity index (χ4v) is 5.41. The van der Waals surface area contributed by atoms with Crippen LogP contribution in [0.25, 0.3) is 0 Å². The van der Waals surface area contributed by atoms with Crippen LogP contribution in [0.5, 0.6) is 0 Å². The molecule has 2 N–H and O–H groups in total. The summed E-state index contributed by atoms with van der Waals surface area (Å²) in [7, 11) is 0. The van der Waals surface area contributed by atoms with Gasteiger partial charge in [-0.15, -0.1) is 0 Å². The molecule has 0 amide bonds. The summed E-state index contributed by atoms with van der Waals surface area (Å²) in [6, 6.07) is 0. The Labute approximate surface area is 107 Å². The van der Waals surface area contributed by atoms with Crippen molar-refractivity contribution in [1.29, 1.82) is 0 Å². The summed E-state index contributed by atoms with van der Waals surface area (Å²) in [6.45, 7) is 8.38. The van der Waals surface area contributed by atoms with Gasteiger partial charge in [0.1, 0.15) is 0 Å². The van der Waals surface area contributed by atoms with Gasteiger partial charge in [0, 0.05) is 6.42 Å². The fourth-order valence-electron chi connectivity index (χ4n) is 5.41. The molecule has 0 aliphatic heterocycles. The fraction of sp³-hybridized carbons (Fsp3) is 1.00. The van der Waals surface area contributed by atoms with E-state index >= 15 is 0 Å². The Hall–Kier alpha value is -0.0400. The van der Waals surface area contributed by atoms with Crippen molar-refractivity contribution in [2.75, 3.05) is 6.54 Å². The average Bonchev–Trinajstić information content (AvgIpc) is 2.11. The van der Waals surface area contributed by atoms with Crippen molar-refractivity contribution >= 4 is 0 Å². The molecule has 0 unspecified atom stereocenters. The van der Waals surface area contributed by atoms with Gasteiger partial charge >= 0.3 is 0 Å². The van der Waals surface area contributed by atoms with E-state index in [1.54, 1.807) is 38.5 Å². The van der Waals surface area contributed by atoms with E-state index in [4.69, 9.17) is 0 Å². The molecule has 4 aliphatic carbocycles. The van der Waals surface area contributed by atoms with Crippen molar-refractivity contribution < 1.29 is 5.32 Å². The molecule has 4 saturated carbocycles. The van der Waals surface area contributed by atoms with Crippen LogP contribution in [-0.4, -0.2) is 12.1 Å². The first-order valence-corrected chi connectivity index (χ1v) is 7.79. The predicted molar refractivity (Wildman–Crippen MR) is 71.8 cm³/mol. The lowest BCUT2D eigenvalue weighted by atomic mass is 9.49. The molecular weight excluding hydrogens is 206 g/mol. The van der Waals surface area contributed by atoms with Crippen LogP contribution < -0.4 is 5.32 Å². The molecule has 4 rings (SSSR count). The lowest BCUT2D eigenvalue weighted by Crippen LogP contribution is -2.94. The zero-order chi connectivity index (χ0) is 12.1. The normalized spacial score (nSPS) is 44.3. The molecule has 4 aliphatic rings. The van der Waals surface area contributed by atoms with E-state index in [1.165, 1.54) is 13.0 Å². The van der Waals surface area contributed by atoms with Gasteiger partial charge < -0.3 is 5.32 Å². The van der Waals surface area contributed by atoms with Gasteiger partial charge in [-0.2, -0.15) is 0 Å². The molecule has 0 aromatic heterocycles. The van der Waals surface area contributed by atoms with Crippen molar-refractivity contribution in [3.63, 3.8) is 0 Å². The highest BCUT2D eigenvalue weighted by atomic mass is 14.9. The van der Waals surface area contributed by atoms with Crippen LogP contribution in [0, 0.1) is 23.2 Å². The Morgan fingerprint density at radius 2 is 1.41 bits per heavy atom. The summed E-state index contributed by atoms with van der Waals surface area (Å²) in [5.41, 5.74) is 1.21. The molecule has 0 spiro atoms. The lowest BCUT2D eigenvalue weighted by molar-refractivity contribution is -0.718. The van der Waals surface area contributed by atoms with Gasteiger partial charge in [-0.05, 0) is 82.5 Å². The standard InChI is InChI=1S/C16H29N/c1-15(2,3)17-5-4-16-9-12-6-13(10-16)8-14(7-12)11-16/h12-14,17H,4-11H2,1-3H3/p+1. The highest BCUT2D eigenvalue weighted by molar-refractivity contribution is 5.01. The van der Waals surface area contributed by atoms with Crippen molar-refractivity contribution in [1.82, 2.24) is 0 Å². The van der Waals surface area contributed by atoms with Gasteiger partial charge in [-0.3, -0.25) is 0 Å². The minimum absolute atomic E-state index is 0.419. The Bertz CT molecular complexity index is 251. The first kappa shape index (κ1) is 12.0. The number of hydrogen-bond donors (Lipinski definition) is 1. The molecule has 0 saturated heterocycles. The molecular formula is C16H30N+. The molecule has 0 aromatic carbocycles. The Kier molecular flexibility index (Phi) is 2.81. The highest BCUT2D eigenvalue weighted by Gasteiger charge is 2.50. The van der Waals surface area contributed by atoms with Gasteiger partial charge in [-0.25, -0.2) is 0 Å². The third-order valence-corrected chi connectivity index (χ3v) is 5.60. The number of rotatable bonds is 3. The Morgan fingerprint density at radius 3 is 1.82 bits per heavy atom. The first-order chi connectivity index (χ1) is 7.94. The molecule has 4 bridgehead atoms. The zero-order valence-corrected chi connectivity index (χ0v) is 12.0. The Balaban J connectivity index is 1.59. The molecule has 0 atom stereocenters. The Morgan fingerprint density at radius 1 is 0.941 bits per heavy atom. The average molecular weight is 236 g/mol. The first-order valence-electron chi connectivity index (χ1n) is 7.79. The SMILES string of the molecule is CC(C)(C)[NH2+]CCC12CC3CC(CC(C3)C1)C2. The molecule has 0 aromatic rings. The van der Waals surface area contributed by atoms with E-state index in [0.29, 0.717) is 5.54 Å². The molecule has 98 valence electrons. The lowest BCUT2D eigenvalue weighted by Gasteiger charge is -2.56. The van der Waals surface area contributed by atoms with Crippen LogP contribution in [0.15, 0.2) is 0 Å². The van der Waals surface area contributed by atoms with E-state index in [2.05, 4.69) is 26.1 Å². The molecule has 1 heteroatoms. The zero-order valence-electron chi connectivity index (χ0n) is 12.0. The summed E-state index contributed by atoms with van der Waals surface area (Å²) >= 11 is 0. The van der Waals surface area contributed by atoms with Crippen LogP contribution in [0.4, 0.5) is 0 Å². The van der Waals surface area contributed by atoms with E-state index < -0.39 is 0 Å². The molecule has 4 fully saturated rings. The molecule has 0 heterocycles. The van der Waals surface area contributed by atoms with E-state index in [-0.39, 0.29) is 0 Å². The maximum absolute atomic E-state index is 2.56. The summed E-state index contributed by atoms with van der Waals surface area (Å²) in [5, 5.41) is 2.56. The van der Waals surface area contributed by atoms with Crippen LogP contribution in [0.1, 0.15) is 65.7 Å². The number of hydrogen-bond acceptors (Lipinski definition) is 0. The monoisotopic (exact) mass is 236 g/mol. The van der Waals surface area contributed by atoms with Crippen LogP contribution in [0.3, 0.4) is 0 Å². The quantitative estimate of drug-likeness (QED) is 0.776. The summed E-state index contributed by atoms with van der Waals surface area (Å²) < 4.78 is 0. The van der Waals surface area contributed by atoms with Gasteiger partial charge in [0.2, 0.25) is 0 Å². The third kappa shape index (κ3) is 2.54. The molecule has 0 radical (unpaired) electrons. The minimum Gasteiger partial charge on any atom is -0.342 e. The highest BCUT2D eigenvalue weighted by Crippen LogP contribution is 2.61. The maximum atomic E-state index is 2.56. The van der Waals surface area contributed by atoms with Gasteiger partial charge in [-0.1, -0.05) is 0 Å². The molecule has 1 nitrogen and oxygen atoms in total. The largest absolute Gasteiger partial charge is 0.342 e. The topological polar surface area (TPSA) is 16.6 Å². The van der Waals surface area contributed by atoms with Crippen molar-refractivity contribution in [3.05, 3.63) is 0 Å². The van der Waals surface area contributed by atoms with Gasteiger partial charge in [0.15, 0.2) is 0 Å². The van der Waals surface area contributed by atoms with E-state index in [1.807, 2.05) is 0 Å². The summed E-state index contributed by atoms with van der Waals surface area (Å²) in [5.74, 6) is 3.36. The number of quaternary nitrogens is 1. The van der Waals surface area contributed by atoms with Crippen molar-refractivity contribution in [2.45, 2.75) is 71.3 Å². The van der Waals surface area contributed by atoms with Crippen molar-refractivity contribution in [3.8, 4) is 0 Å². The summed E-state index contributed by atoms with van der Waals surface area (Å²) in [6.07, 6.45) is 11.0. The molecule has 17 heavy (non-hydrogen) atoms. The second kappa shape index (κ2) is 3.98. The summed E-state index contributed by atoms with van der Waals surface area (Å²) in [4.78, 5) is 0. The van der Waals surface area contributed by atoms with Crippen molar-refractivity contribution in [2.24, 2.45) is 23.2 Å². The second-order valence-electron chi connectivity index (χ2n) is 8.53. The van der Waals surface area contributed by atoms with Gasteiger partial charge in [0.25, 0.3) is 0 Å². The van der Waals surface area contributed by atoms with Crippen LogP contribution in [-0.2, 0) is 0 Å². The second-order valence-corrected chi connectivity index (χ2v) is 8.53.